The third kappa shape index (κ3) is 3.73. The summed E-state index contributed by atoms with van der Waals surface area (Å²) < 4.78 is 6.51. The van der Waals surface area contributed by atoms with Gasteiger partial charge >= 0.3 is 0 Å². The smallest absolute Gasteiger partial charge is 0.274 e. The van der Waals surface area contributed by atoms with Crippen molar-refractivity contribution in [3.63, 3.8) is 0 Å². The van der Waals surface area contributed by atoms with Crippen LogP contribution in [-0.4, -0.2) is 95.1 Å². The molecule has 6 atom stereocenters. The minimum Gasteiger partial charge on any atom is -0.394 e. The predicted molar refractivity (Wildman–Crippen MR) is 107 cm³/mol. The Morgan fingerprint density at radius 3 is 2.61 bits per heavy atom. The molecule has 170 valence electrons. The first kappa shape index (κ1) is 23.3. The molecule has 0 saturated carbocycles. The van der Waals surface area contributed by atoms with Crippen LogP contribution in [0.4, 0.5) is 5.82 Å². The summed E-state index contributed by atoms with van der Waals surface area (Å²) in [6.07, 6.45) is -3.18. The predicted octanol–water partition coefficient (Wildman–Crippen LogP) is -3.55. The average molecular weight is 457 g/mol. The van der Waals surface area contributed by atoms with Gasteiger partial charge in [0.15, 0.2) is 22.1 Å². The van der Waals surface area contributed by atoms with Crippen molar-refractivity contribution in [3.8, 4) is 0 Å². The van der Waals surface area contributed by atoms with E-state index in [4.69, 9.17) is 16.2 Å². The van der Waals surface area contributed by atoms with E-state index in [0.29, 0.717) is 0 Å². The second kappa shape index (κ2) is 8.62. The lowest BCUT2D eigenvalue weighted by molar-refractivity contribution is -0.173. The molecule has 3 rings (SSSR count). The lowest BCUT2D eigenvalue weighted by Gasteiger charge is -2.30. The molecule has 2 aromatic heterocycles. The van der Waals surface area contributed by atoms with Crippen LogP contribution < -0.4 is 16.8 Å². The number of thioether (sulfide) groups is 1. The fourth-order valence-corrected chi connectivity index (χ4v) is 3.55. The molecule has 9 N–H and O–H groups in total. The van der Waals surface area contributed by atoms with E-state index in [2.05, 4.69) is 20.3 Å². The van der Waals surface area contributed by atoms with Gasteiger partial charge in [0.1, 0.15) is 30.7 Å². The molecule has 0 spiro atoms. The quantitative estimate of drug-likeness (QED) is 0.158. The van der Waals surface area contributed by atoms with Crippen LogP contribution in [0, 0.1) is 0 Å². The molecule has 14 nitrogen and oxygen atoms in total. The Balaban J connectivity index is 2.17. The monoisotopic (exact) mass is 457 g/mol. The summed E-state index contributed by atoms with van der Waals surface area (Å²) in [7, 11) is 0. The number of carbonyl (C=O) groups excluding carboxylic acids is 2. The van der Waals surface area contributed by atoms with Crippen LogP contribution in [0.1, 0.15) is 6.92 Å². The Morgan fingerprint density at radius 2 is 2.10 bits per heavy atom. The Labute approximate surface area is 179 Å². The molecule has 3 heterocycles. The Morgan fingerprint density at radius 1 is 1.42 bits per heavy atom. The summed E-state index contributed by atoms with van der Waals surface area (Å²) in [6, 6.07) is -1.25. The number of aromatic nitrogens is 4. The number of fused-ring (bicyclic) bond motifs is 1. The van der Waals surface area contributed by atoms with Gasteiger partial charge in [0.05, 0.1) is 12.7 Å². The van der Waals surface area contributed by atoms with E-state index in [-0.39, 0.29) is 22.1 Å². The molecule has 2 unspecified atom stereocenters. The van der Waals surface area contributed by atoms with Crippen molar-refractivity contribution in [1.29, 1.82) is 0 Å². The lowest BCUT2D eigenvalue weighted by atomic mass is 10.0. The normalized spacial score (nSPS) is 27.9. The van der Waals surface area contributed by atoms with E-state index in [9.17, 15) is 30.0 Å². The zero-order valence-electron chi connectivity index (χ0n) is 16.5. The fraction of sp³-hybridized carbons (Fsp3) is 0.562. The van der Waals surface area contributed by atoms with Crippen LogP contribution in [0.15, 0.2) is 11.5 Å². The number of carbonyl (C=O) groups is 2. The highest BCUT2D eigenvalue weighted by molar-refractivity contribution is 7.98. The van der Waals surface area contributed by atoms with Crippen molar-refractivity contribution < 1.29 is 34.8 Å². The van der Waals surface area contributed by atoms with Crippen molar-refractivity contribution in [3.05, 3.63) is 6.33 Å². The molecule has 0 aliphatic carbocycles. The number of primary amides is 1. The van der Waals surface area contributed by atoms with E-state index in [1.165, 1.54) is 6.92 Å². The maximum absolute atomic E-state index is 12.4. The van der Waals surface area contributed by atoms with Crippen LogP contribution >= 0.6 is 11.8 Å². The van der Waals surface area contributed by atoms with Crippen LogP contribution in [0.3, 0.4) is 0 Å². The minimum atomic E-state index is -2.33. The molecule has 1 aliphatic heterocycles. The van der Waals surface area contributed by atoms with E-state index in [0.717, 1.165) is 22.7 Å². The summed E-state index contributed by atoms with van der Waals surface area (Å²) in [5, 5.41) is 42.4. The summed E-state index contributed by atoms with van der Waals surface area (Å²) in [5.74, 6) is -1.98. The zero-order valence-corrected chi connectivity index (χ0v) is 17.4. The summed E-state index contributed by atoms with van der Waals surface area (Å²) in [6.45, 7) is 0.656. The fourth-order valence-electron chi connectivity index (χ4n) is 3.19. The molecule has 0 aromatic carbocycles. The molecular weight excluding hydrogens is 434 g/mol. The number of aliphatic hydroxyl groups excluding tert-OH is 4. The van der Waals surface area contributed by atoms with Gasteiger partial charge in [0, 0.05) is 0 Å². The van der Waals surface area contributed by atoms with E-state index in [1.807, 2.05) is 0 Å². The maximum Gasteiger partial charge on any atom is 0.274 e. The topological polar surface area (TPSA) is 232 Å². The summed E-state index contributed by atoms with van der Waals surface area (Å²) in [5.41, 5.74) is 8.79. The zero-order chi connectivity index (χ0) is 23.1. The van der Waals surface area contributed by atoms with Crippen LogP contribution in [-0.2, 0) is 20.1 Å². The molecule has 31 heavy (non-hydrogen) atoms. The van der Waals surface area contributed by atoms with Crippen molar-refractivity contribution >= 4 is 40.6 Å². The highest BCUT2D eigenvalue weighted by Gasteiger charge is 2.60. The SMILES string of the molecule is CSc1nc(NC(=O)C(N)C(C)O)c2ncn([C@]3(C(N)=O)O[C@H](CO)[C@@H](O)[C@H]3O)c2n1. The van der Waals surface area contributed by atoms with Crippen molar-refractivity contribution in [2.45, 2.75) is 48.3 Å². The van der Waals surface area contributed by atoms with Crippen molar-refractivity contribution in [2.24, 2.45) is 11.5 Å². The lowest BCUT2D eigenvalue weighted by Crippen LogP contribution is -2.54. The molecule has 2 amide bonds. The van der Waals surface area contributed by atoms with Crippen molar-refractivity contribution in [1.82, 2.24) is 19.5 Å². The van der Waals surface area contributed by atoms with Gasteiger partial charge in [-0.05, 0) is 13.2 Å². The van der Waals surface area contributed by atoms with Gasteiger partial charge in [-0.3, -0.25) is 14.2 Å². The van der Waals surface area contributed by atoms with E-state index >= 15 is 0 Å². The third-order valence-corrected chi connectivity index (χ3v) is 5.50. The number of anilines is 1. The second-order valence-electron chi connectivity index (χ2n) is 6.94. The Kier molecular flexibility index (Phi) is 6.47. The first-order valence-corrected chi connectivity index (χ1v) is 10.3. The van der Waals surface area contributed by atoms with Crippen molar-refractivity contribution in [2.75, 3.05) is 18.2 Å². The number of amides is 2. The van der Waals surface area contributed by atoms with E-state index in [1.54, 1.807) is 6.26 Å². The van der Waals surface area contributed by atoms with Gasteiger partial charge in [-0.1, -0.05) is 11.8 Å². The van der Waals surface area contributed by atoms with Crippen LogP contribution in [0.25, 0.3) is 11.2 Å². The molecule has 15 heteroatoms. The Hall–Kier alpha value is -2.40. The molecule has 0 bridgehead atoms. The molecule has 1 saturated heterocycles. The van der Waals surface area contributed by atoms with Gasteiger partial charge in [-0.25, -0.2) is 15.0 Å². The van der Waals surface area contributed by atoms with Gasteiger partial charge in [-0.15, -0.1) is 0 Å². The summed E-state index contributed by atoms with van der Waals surface area (Å²) >= 11 is 1.10. The average Bonchev–Trinajstić information content (AvgIpc) is 3.27. The number of hydrogen-bond acceptors (Lipinski definition) is 12. The molecule has 0 radical (unpaired) electrons. The number of hydrogen-bond donors (Lipinski definition) is 7. The number of aliphatic hydroxyl groups is 4. The molecule has 2 aromatic rings. The third-order valence-electron chi connectivity index (χ3n) is 4.95. The molecule has 1 aliphatic rings. The number of imidazole rings is 1. The van der Waals surface area contributed by atoms with Gasteiger partial charge in [0.25, 0.3) is 11.6 Å². The largest absolute Gasteiger partial charge is 0.394 e. The number of nitrogens with one attached hydrogen (secondary N) is 1. The minimum absolute atomic E-state index is 0.00214. The Bertz CT molecular complexity index is 1000. The standard InChI is InChI=1S/C16H23N7O7S/c1-5(25)7(17)13(28)20-11-8-12(22-15(21-11)31-2)23(4-19-8)16(14(18)29)10(27)9(26)6(3-24)30-16/h4-7,9-10,24-27H,3,17H2,1-2H3,(H2,18,29)(H,20,21,22,28)/t5?,6-,7?,9-,10-,16+/m1/s1. The first-order chi connectivity index (χ1) is 14.6. The number of rotatable bonds is 7. The highest BCUT2D eigenvalue weighted by Crippen LogP contribution is 2.38. The van der Waals surface area contributed by atoms with Crippen LogP contribution in [0.2, 0.25) is 0 Å². The van der Waals surface area contributed by atoms with Gasteiger partial charge in [-0.2, -0.15) is 0 Å². The maximum atomic E-state index is 12.4. The molecule has 1 fully saturated rings. The highest BCUT2D eigenvalue weighted by atomic mass is 32.2. The van der Waals surface area contributed by atoms with Crippen LogP contribution in [0.5, 0.6) is 0 Å². The number of nitrogens with two attached hydrogens (primary N) is 2. The number of nitrogens with zero attached hydrogens (tertiary/aromatic N) is 4. The van der Waals surface area contributed by atoms with Gasteiger partial charge < -0.3 is 41.9 Å². The first-order valence-electron chi connectivity index (χ1n) is 9.07. The van der Waals surface area contributed by atoms with E-state index < -0.39 is 54.6 Å². The second-order valence-corrected chi connectivity index (χ2v) is 7.71. The summed E-state index contributed by atoms with van der Waals surface area (Å²) in [4.78, 5) is 37.2. The number of ether oxygens (including phenoxy) is 1. The molecular formula is C16H23N7O7S. The van der Waals surface area contributed by atoms with Gasteiger partial charge in [0.2, 0.25) is 5.91 Å².